The van der Waals surface area contributed by atoms with E-state index in [0.717, 1.165) is 49.7 Å². The van der Waals surface area contributed by atoms with Crippen LogP contribution in [0, 0.1) is 0 Å². The van der Waals surface area contributed by atoms with E-state index in [1.54, 1.807) is 0 Å². The first-order valence-electron chi connectivity index (χ1n) is 32.0. The van der Waals surface area contributed by atoms with E-state index in [-0.39, 0.29) is 17.5 Å². The SMILES string of the molecule is CC(C)(c1ccccc1)c1ccc2c(c1)c1cc(C(C)(C)c3ccccc3)cc3c1n2-c1c2c(cc4nc5c6ccccc6c6ccccc6c5nc14)-n1c4ccc5c6ccccc6c6ccccc6c5c4c4cc(-c5ccccc5-c5ccccc5)cc(c41)B23. The van der Waals surface area contributed by atoms with Crippen LogP contribution >= 0.6 is 0 Å². The zero-order valence-electron chi connectivity index (χ0n) is 50.8. The van der Waals surface area contributed by atoms with E-state index in [9.17, 15) is 0 Å². The first-order chi connectivity index (χ1) is 44.7. The number of nitrogens with zero attached hydrogens (tertiary/aromatic N) is 4. The predicted molar refractivity (Wildman–Crippen MR) is 386 cm³/mol. The van der Waals surface area contributed by atoms with Gasteiger partial charge in [-0.05, 0) is 135 Å². The minimum atomic E-state index is -0.375. The van der Waals surface area contributed by atoms with Crippen molar-refractivity contribution in [1.29, 1.82) is 0 Å². The molecule has 18 aromatic rings. The molecule has 0 radical (unpaired) electrons. The van der Waals surface area contributed by atoms with E-state index in [1.807, 2.05) is 0 Å². The molecular formula is C86H57BN4. The lowest BCUT2D eigenvalue weighted by atomic mass is 9.34. The summed E-state index contributed by atoms with van der Waals surface area (Å²) in [5.74, 6) is 0. The first-order valence-corrected chi connectivity index (χ1v) is 32.0. The van der Waals surface area contributed by atoms with Crippen molar-refractivity contribution in [2.24, 2.45) is 0 Å². The van der Waals surface area contributed by atoms with Crippen LogP contribution in [0.1, 0.15) is 49.9 Å². The monoisotopic (exact) mass is 1160 g/mol. The third kappa shape index (κ3) is 6.79. The van der Waals surface area contributed by atoms with E-state index < -0.39 is 0 Å². The van der Waals surface area contributed by atoms with Crippen LogP contribution in [-0.2, 0) is 10.8 Å². The molecule has 0 spiro atoms. The molecule has 4 nitrogen and oxygen atoms in total. The Labute approximate surface area is 526 Å². The van der Waals surface area contributed by atoms with Gasteiger partial charge in [0.1, 0.15) is 5.52 Å². The molecule has 0 bridgehead atoms. The van der Waals surface area contributed by atoms with Gasteiger partial charge >= 0.3 is 0 Å². The molecular weight excluding hydrogens is 1100 g/mol. The largest absolute Gasteiger partial charge is 0.310 e. The number of aromatic nitrogens is 4. The molecule has 20 rings (SSSR count). The van der Waals surface area contributed by atoms with Gasteiger partial charge in [0.05, 0.1) is 33.3 Å². The molecule has 424 valence electrons. The fourth-order valence-corrected chi connectivity index (χ4v) is 16.9. The molecule has 0 saturated carbocycles. The summed E-state index contributed by atoms with van der Waals surface area (Å²) in [7, 11) is 0. The minimum absolute atomic E-state index is 0.238. The summed E-state index contributed by atoms with van der Waals surface area (Å²) in [5.41, 5.74) is 23.6. The van der Waals surface area contributed by atoms with Crippen molar-refractivity contribution in [3.8, 4) is 33.6 Å². The molecule has 0 atom stereocenters. The van der Waals surface area contributed by atoms with Crippen molar-refractivity contribution in [2.75, 3.05) is 0 Å². The van der Waals surface area contributed by atoms with E-state index in [0.29, 0.717) is 0 Å². The average Bonchev–Trinajstić information content (AvgIpc) is 1.58. The lowest BCUT2D eigenvalue weighted by molar-refractivity contribution is 0.641. The summed E-state index contributed by atoms with van der Waals surface area (Å²) in [6, 6.07) is 103. The van der Waals surface area contributed by atoms with E-state index in [2.05, 4.69) is 310 Å². The molecule has 0 fully saturated rings. The maximum Gasteiger partial charge on any atom is 0.252 e. The molecule has 0 amide bonds. The Balaban J connectivity index is 1.02. The molecule has 2 aliphatic heterocycles. The van der Waals surface area contributed by atoms with E-state index >= 15 is 0 Å². The molecule has 0 aliphatic carbocycles. The molecule has 0 unspecified atom stereocenters. The van der Waals surface area contributed by atoms with Gasteiger partial charge in [0.2, 0.25) is 0 Å². The smallest absolute Gasteiger partial charge is 0.252 e. The second-order valence-corrected chi connectivity index (χ2v) is 26.7. The third-order valence-electron chi connectivity index (χ3n) is 21.4. The zero-order valence-corrected chi connectivity index (χ0v) is 50.8. The molecule has 2 aliphatic rings. The van der Waals surface area contributed by atoms with Gasteiger partial charge in [-0.3, -0.25) is 0 Å². The number of benzene rings is 15. The first kappa shape index (κ1) is 50.8. The molecule has 5 heterocycles. The highest BCUT2D eigenvalue weighted by Crippen LogP contribution is 2.49. The van der Waals surface area contributed by atoms with Gasteiger partial charge < -0.3 is 9.13 Å². The summed E-state index contributed by atoms with van der Waals surface area (Å²) in [6.07, 6.45) is 0. The van der Waals surface area contributed by atoms with Crippen LogP contribution in [0.5, 0.6) is 0 Å². The number of hydrogen-bond donors (Lipinski definition) is 0. The van der Waals surface area contributed by atoms with Crippen molar-refractivity contribution in [3.63, 3.8) is 0 Å². The third-order valence-corrected chi connectivity index (χ3v) is 21.4. The molecule has 15 aromatic carbocycles. The summed E-state index contributed by atoms with van der Waals surface area (Å²) < 4.78 is 5.29. The van der Waals surface area contributed by atoms with Crippen LogP contribution in [-0.4, -0.2) is 25.8 Å². The normalized spacial score (nSPS) is 13.0. The molecule has 0 saturated heterocycles. The summed E-state index contributed by atoms with van der Waals surface area (Å²) in [5, 5.41) is 17.1. The Morgan fingerprint density at radius 3 is 1.44 bits per heavy atom. The van der Waals surface area contributed by atoms with Crippen molar-refractivity contribution in [1.82, 2.24) is 19.1 Å². The highest BCUT2D eigenvalue weighted by Gasteiger charge is 2.44. The van der Waals surface area contributed by atoms with Gasteiger partial charge in [-0.2, -0.15) is 0 Å². The number of hydrogen-bond acceptors (Lipinski definition) is 2. The van der Waals surface area contributed by atoms with Crippen LogP contribution in [0.25, 0.3) is 153 Å². The Hall–Kier alpha value is -11.1. The number of fused-ring (bicyclic) bond motifs is 25. The van der Waals surface area contributed by atoms with Crippen molar-refractivity contribution >= 4 is 143 Å². The van der Waals surface area contributed by atoms with E-state index in [4.69, 9.17) is 9.97 Å². The topological polar surface area (TPSA) is 35.6 Å². The van der Waals surface area contributed by atoms with Crippen LogP contribution in [0.3, 0.4) is 0 Å². The standard InChI is InChI=1S/C86H57BN4/c1-85(2,52-26-10-6-11-27-52)54-40-42-73-67(46-54)68-47-55(86(3,4)53-28-12-7-13-29-53)48-71-82(68)91(73)84-78-75(49-72-81(84)89-80-66-39-23-20-36-62(66)61-35-19-22-38-65(61)79(80)88-72)90-74-43-41-64-60-34-17-16-32-58(60)59-33-18-21-37-63(59)76(64)77(74)69-44-51(45-70(83(69)90)87(71)78)57-31-15-14-30-56(57)50-24-8-5-9-25-50/h5-49H,1-4H3. The second-order valence-electron chi connectivity index (χ2n) is 26.7. The number of rotatable bonds is 6. The Morgan fingerprint density at radius 1 is 0.308 bits per heavy atom. The highest BCUT2D eigenvalue weighted by molar-refractivity contribution is 7.00. The Morgan fingerprint density at radius 2 is 0.791 bits per heavy atom. The van der Waals surface area contributed by atoms with E-state index in [1.165, 1.54) is 142 Å². The Bertz CT molecular complexity index is 6220. The van der Waals surface area contributed by atoms with Crippen molar-refractivity contribution in [2.45, 2.75) is 38.5 Å². The maximum absolute atomic E-state index is 6.12. The van der Waals surface area contributed by atoms with Gasteiger partial charge in [-0.15, -0.1) is 0 Å². The molecule has 0 N–H and O–H groups in total. The fraction of sp³-hybridized carbons (Fsp3) is 0.0698. The lowest BCUT2D eigenvalue weighted by Gasteiger charge is -2.35. The second kappa shape index (κ2) is 18.2. The average molecular weight is 1160 g/mol. The van der Waals surface area contributed by atoms with Crippen LogP contribution < -0.4 is 16.4 Å². The Kier molecular flexibility index (Phi) is 10.2. The van der Waals surface area contributed by atoms with Gasteiger partial charge in [-0.25, -0.2) is 9.97 Å². The molecule has 3 aromatic heterocycles. The van der Waals surface area contributed by atoms with Gasteiger partial charge in [0.15, 0.2) is 0 Å². The van der Waals surface area contributed by atoms with Crippen LogP contribution in [0.15, 0.2) is 273 Å². The minimum Gasteiger partial charge on any atom is -0.310 e. The van der Waals surface area contributed by atoms with Crippen LogP contribution in [0.2, 0.25) is 0 Å². The lowest BCUT2D eigenvalue weighted by Crippen LogP contribution is -2.59. The summed E-state index contributed by atoms with van der Waals surface area (Å²) >= 11 is 0. The maximum atomic E-state index is 6.12. The molecule has 91 heavy (non-hydrogen) atoms. The quantitative estimate of drug-likeness (QED) is 0.0945. The fourth-order valence-electron chi connectivity index (χ4n) is 16.9. The molecule has 5 heteroatoms. The summed E-state index contributed by atoms with van der Waals surface area (Å²) in [6.45, 7) is 9.35. The van der Waals surface area contributed by atoms with Gasteiger partial charge in [-0.1, -0.05) is 264 Å². The van der Waals surface area contributed by atoms with Crippen LogP contribution in [0.4, 0.5) is 0 Å². The highest BCUT2D eigenvalue weighted by atomic mass is 15.1. The van der Waals surface area contributed by atoms with Crippen molar-refractivity contribution < 1.29 is 0 Å². The predicted octanol–water partition coefficient (Wildman–Crippen LogP) is 19.9. The van der Waals surface area contributed by atoms with Gasteiger partial charge in [0.25, 0.3) is 6.71 Å². The van der Waals surface area contributed by atoms with Gasteiger partial charge in [0, 0.05) is 65.3 Å². The zero-order chi connectivity index (χ0) is 60.2. The van der Waals surface area contributed by atoms with Crippen molar-refractivity contribution in [3.05, 3.63) is 295 Å². The summed E-state index contributed by atoms with van der Waals surface area (Å²) in [4.78, 5) is 12.1.